The summed E-state index contributed by atoms with van der Waals surface area (Å²) in [5.74, 6) is 0. The van der Waals surface area contributed by atoms with E-state index in [0.717, 1.165) is 12.8 Å². The molecular formula is C16H23NOS. The van der Waals surface area contributed by atoms with Crippen LogP contribution in [0.3, 0.4) is 0 Å². The number of nitrogens with one attached hydrogen (secondary N) is 1. The number of aliphatic hydroxyl groups excluding tert-OH is 1. The average Bonchev–Trinajstić information content (AvgIpc) is 3.24. The number of aliphatic hydroxyl groups is 1. The van der Waals surface area contributed by atoms with E-state index in [1.165, 1.54) is 30.6 Å². The Balaban J connectivity index is 1.63. The Labute approximate surface area is 120 Å². The molecule has 0 aromatic heterocycles. The van der Waals surface area contributed by atoms with E-state index >= 15 is 0 Å². The van der Waals surface area contributed by atoms with Gasteiger partial charge in [-0.1, -0.05) is 24.6 Å². The van der Waals surface area contributed by atoms with Crippen molar-refractivity contribution in [3.05, 3.63) is 30.3 Å². The maximum atomic E-state index is 9.83. The summed E-state index contributed by atoms with van der Waals surface area (Å²) in [6, 6.07) is 11.3. The largest absolute Gasteiger partial charge is 0.394 e. The first-order valence-corrected chi connectivity index (χ1v) is 8.28. The normalized spacial score (nSPS) is 31.3. The molecule has 0 spiro atoms. The van der Waals surface area contributed by atoms with Crippen LogP contribution in [-0.4, -0.2) is 28.5 Å². The molecule has 0 bridgehead atoms. The molecule has 3 rings (SSSR count). The van der Waals surface area contributed by atoms with Gasteiger partial charge in [0.1, 0.15) is 0 Å². The van der Waals surface area contributed by atoms with Crippen LogP contribution < -0.4 is 5.32 Å². The number of benzene rings is 1. The highest BCUT2D eigenvalue weighted by atomic mass is 32.2. The first-order chi connectivity index (χ1) is 9.30. The third-order valence-corrected chi connectivity index (χ3v) is 5.52. The third-order valence-electron chi connectivity index (χ3n) is 4.24. The predicted molar refractivity (Wildman–Crippen MR) is 80.5 cm³/mol. The van der Waals surface area contributed by atoms with Crippen molar-refractivity contribution in [3.8, 4) is 0 Å². The Hall–Kier alpha value is -0.510. The fraction of sp³-hybridized carbons (Fsp3) is 0.625. The van der Waals surface area contributed by atoms with Gasteiger partial charge in [-0.25, -0.2) is 0 Å². The highest BCUT2D eigenvalue weighted by molar-refractivity contribution is 8.00. The van der Waals surface area contributed by atoms with Crippen molar-refractivity contribution in [2.45, 2.75) is 60.3 Å². The number of hydrogen-bond donors (Lipinski definition) is 2. The first-order valence-electron chi connectivity index (χ1n) is 7.40. The van der Waals surface area contributed by atoms with Crippen LogP contribution in [0.1, 0.15) is 38.5 Å². The Kier molecular flexibility index (Phi) is 4.15. The zero-order valence-electron chi connectivity index (χ0n) is 11.3. The monoisotopic (exact) mass is 277 g/mol. The van der Waals surface area contributed by atoms with Gasteiger partial charge in [0.05, 0.1) is 6.61 Å². The second-order valence-electron chi connectivity index (χ2n) is 6.01. The summed E-state index contributed by atoms with van der Waals surface area (Å²) < 4.78 is 0. The van der Waals surface area contributed by atoms with Crippen LogP contribution in [-0.2, 0) is 0 Å². The summed E-state index contributed by atoms with van der Waals surface area (Å²) in [6.07, 6.45) is 7.31. The van der Waals surface area contributed by atoms with E-state index in [4.69, 9.17) is 0 Å². The van der Waals surface area contributed by atoms with E-state index in [1.54, 1.807) is 0 Å². The van der Waals surface area contributed by atoms with Gasteiger partial charge in [-0.05, 0) is 44.2 Å². The van der Waals surface area contributed by atoms with Crippen LogP contribution in [0.2, 0.25) is 0 Å². The Bertz CT molecular complexity index is 406. The van der Waals surface area contributed by atoms with Crippen molar-refractivity contribution < 1.29 is 5.11 Å². The van der Waals surface area contributed by atoms with Gasteiger partial charge >= 0.3 is 0 Å². The van der Waals surface area contributed by atoms with Crippen molar-refractivity contribution in [2.75, 3.05) is 6.61 Å². The summed E-state index contributed by atoms with van der Waals surface area (Å²) >= 11 is 1.98. The van der Waals surface area contributed by atoms with Crippen molar-refractivity contribution in [1.29, 1.82) is 0 Å². The molecule has 2 nitrogen and oxygen atoms in total. The molecule has 2 saturated carbocycles. The lowest BCUT2D eigenvalue weighted by Crippen LogP contribution is -2.53. The Morgan fingerprint density at radius 1 is 1.21 bits per heavy atom. The SMILES string of the molecule is OCC1(NC2CC2)CCCC(Sc2ccccc2)C1. The standard InChI is InChI=1S/C16H23NOS/c18-12-16(17-13-8-9-13)10-4-7-15(11-16)19-14-5-2-1-3-6-14/h1-3,5-6,13,15,17-18H,4,7-12H2. The molecule has 2 atom stereocenters. The molecule has 2 unspecified atom stereocenters. The zero-order chi connectivity index (χ0) is 13.1. The summed E-state index contributed by atoms with van der Waals surface area (Å²) in [7, 11) is 0. The van der Waals surface area contributed by atoms with Crippen molar-refractivity contribution in [1.82, 2.24) is 5.32 Å². The van der Waals surface area contributed by atoms with Gasteiger partial charge in [0.2, 0.25) is 0 Å². The van der Waals surface area contributed by atoms with E-state index in [1.807, 2.05) is 11.8 Å². The molecule has 2 aliphatic rings. The molecule has 3 heteroatoms. The minimum Gasteiger partial charge on any atom is -0.394 e. The van der Waals surface area contributed by atoms with Gasteiger partial charge in [-0.3, -0.25) is 0 Å². The summed E-state index contributed by atoms with van der Waals surface area (Å²) in [4.78, 5) is 1.35. The predicted octanol–water partition coefficient (Wildman–Crippen LogP) is 3.20. The van der Waals surface area contributed by atoms with Crippen molar-refractivity contribution in [2.24, 2.45) is 0 Å². The molecule has 0 heterocycles. The van der Waals surface area contributed by atoms with Gasteiger partial charge in [0, 0.05) is 21.7 Å². The Morgan fingerprint density at radius 2 is 2.00 bits per heavy atom. The van der Waals surface area contributed by atoms with Gasteiger partial charge in [0.15, 0.2) is 0 Å². The van der Waals surface area contributed by atoms with E-state index in [2.05, 4.69) is 35.6 Å². The third kappa shape index (κ3) is 3.53. The molecule has 1 aromatic carbocycles. The molecule has 0 radical (unpaired) electrons. The minimum atomic E-state index is -0.00807. The maximum absolute atomic E-state index is 9.83. The fourth-order valence-electron chi connectivity index (χ4n) is 3.08. The molecule has 0 amide bonds. The second-order valence-corrected chi connectivity index (χ2v) is 7.38. The molecule has 0 aliphatic heterocycles. The molecule has 0 saturated heterocycles. The molecule has 104 valence electrons. The van der Waals surface area contributed by atoms with Crippen LogP contribution in [0.15, 0.2) is 35.2 Å². The summed E-state index contributed by atoms with van der Waals surface area (Å²) in [6.45, 7) is 0.287. The average molecular weight is 277 g/mol. The van der Waals surface area contributed by atoms with E-state index in [9.17, 15) is 5.11 Å². The number of thioether (sulfide) groups is 1. The highest BCUT2D eigenvalue weighted by Crippen LogP contribution is 2.39. The van der Waals surface area contributed by atoms with Gasteiger partial charge in [0.25, 0.3) is 0 Å². The lowest BCUT2D eigenvalue weighted by atomic mass is 9.82. The smallest absolute Gasteiger partial charge is 0.0613 e. The minimum absolute atomic E-state index is 0.00807. The fourth-order valence-corrected chi connectivity index (χ4v) is 4.47. The number of rotatable bonds is 5. The lowest BCUT2D eigenvalue weighted by molar-refractivity contribution is 0.122. The van der Waals surface area contributed by atoms with Gasteiger partial charge in [-0.15, -0.1) is 11.8 Å². The molecule has 19 heavy (non-hydrogen) atoms. The van der Waals surface area contributed by atoms with Crippen LogP contribution in [0, 0.1) is 0 Å². The van der Waals surface area contributed by atoms with Crippen LogP contribution in [0.5, 0.6) is 0 Å². The van der Waals surface area contributed by atoms with Gasteiger partial charge in [-0.2, -0.15) is 0 Å². The zero-order valence-corrected chi connectivity index (χ0v) is 12.2. The summed E-state index contributed by atoms with van der Waals surface area (Å²) in [5, 5.41) is 14.2. The second kappa shape index (κ2) is 5.86. The molecule has 2 fully saturated rings. The van der Waals surface area contributed by atoms with E-state index in [0.29, 0.717) is 11.3 Å². The highest BCUT2D eigenvalue weighted by Gasteiger charge is 2.39. The van der Waals surface area contributed by atoms with E-state index < -0.39 is 0 Å². The van der Waals surface area contributed by atoms with Crippen LogP contribution >= 0.6 is 11.8 Å². The van der Waals surface area contributed by atoms with E-state index in [-0.39, 0.29) is 12.1 Å². The number of hydrogen-bond acceptors (Lipinski definition) is 3. The summed E-state index contributed by atoms with van der Waals surface area (Å²) in [5.41, 5.74) is -0.00807. The first kappa shape index (κ1) is 13.5. The molecular weight excluding hydrogens is 254 g/mol. The van der Waals surface area contributed by atoms with Crippen molar-refractivity contribution in [3.63, 3.8) is 0 Å². The van der Waals surface area contributed by atoms with Crippen LogP contribution in [0.4, 0.5) is 0 Å². The Morgan fingerprint density at radius 3 is 2.68 bits per heavy atom. The lowest BCUT2D eigenvalue weighted by Gasteiger charge is -2.40. The maximum Gasteiger partial charge on any atom is 0.0613 e. The molecule has 2 aliphatic carbocycles. The van der Waals surface area contributed by atoms with Crippen LogP contribution in [0.25, 0.3) is 0 Å². The molecule has 1 aromatic rings. The van der Waals surface area contributed by atoms with Crippen molar-refractivity contribution >= 4 is 11.8 Å². The topological polar surface area (TPSA) is 32.3 Å². The van der Waals surface area contributed by atoms with Gasteiger partial charge < -0.3 is 10.4 Å². The molecule has 2 N–H and O–H groups in total. The quantitative estimate of drug-likeness (QED) is 0.867.